The third-order valence-electron chi connectivity index (χ3n) is 4.14. The highest BCUT2D eigenvalue weighted by molar-refractivity contribution is 5.99. The van der Waals surface area contributed by atoms with Gasteiger partial charge >= 0.3 is 0 Å². The maximum Gasteiger partial charge on any atom is 0.131 e. The molecule has 0 N–H and O–H groups in total. The summed E-state index contributed by atoms with van der Waals surface area (Å²) in [6, 6.07) is 11.4. The number of hydrogen-bond acceptors (Lipinski definition) is 2. The molecule has 0 saturated heterocycles. The van der Waals surface area contributed by atoms with Crippen molar-refractivity contribution >= 4 is 5.84 Å². The van der Waals surface area contributed by atoms with E-state index in [1.165, 1.54) is 56.5 Å². The molecule has 2 nitrogen and oxygen atoms in total. The van der Waals surface area contributed by atoms with Crippen molar-refractivity contribution in [3.05, 3.63) is 35.9 Å². The van der Waals surface area contributed by atoms with Crippen LogP contribution in [0, 0.1) is 0 Å². The van der Waals surface area contributed by atoms with Gasteiger partial charge in [0.15, 0.2) is 0 Å². The molecule has 1 aromatic carbocycles. The van der Waals surface area contributed by atoms with Crippen LogP contribution in [0.2, 0.25) is 0 Å². The zero-order chi connectivity index (χ0) is 12.2. The van der Waals surface area contributed by atoms with Crippen LogP contribution in [0.25, 0.3) is 0 Å². The van der Waals surface area contributed by atoms with E-state index in [0.29, 0.717) is 0 Å². The summed E-state index contributed by atoms with van der Waals surface area (Å²) in [5.41, 5.74) is 1.29. The van der Waals surface area contributed by atoms with Crippen LogP contribution in [0.3, 0.4) is 0 Å². The van der Waals surface area contributed by atoms with Crippen LogP contribution in [0.1, 0.15) is 44.1 Å². The van der Waals surface area contributed by atoms with Crippen molar-refractivity contribution < 1.29 is 0 Å². The molecule has 1 saturated carbocycles. The number of aliphatic imine (C=N–C) groups is 1. The minimum atomic E-state index is 0.734. The lowest BCUT2D eigenvalue weighted by Gasteiger charge is -2.38. The molecule has 2 heteroatoms. The fraction of sp³-hybridized carbons (Fsp3) is 0.562. The van der Waals surface area contributed by atoms with E-state index in [9.17, 15) is 0 Å². The summed E-state index contributed by atoms with van der Waals surface area (Å²) in [7, 11) is 0. The van der Waals surface area contributed by atoms with Gasteiger partial charge in [0, 0.05) is 24.7 Å². The van der Waals surface area contributed by atoms with E-state index in [1.54, 1.807) is 0 Å². The van der Waals surface area contributed by atoms with Gasteiger partial charge in [0.1, 0.15) is 5.84 Å². The van der Waals surface area contributed by atoms with Gasteiger partial charge in [-0.2, -0.15) is 0 Å². The highest BCUT2D eigenvalue weighted by atomic mass is 15.2. The Hall–Kier alpha value is -1.31. The molecule has 0 bridgehead atoms. The number of rotatable bonds is 2. The summed E-state index contributed by atoms with van der Waals surface area (Å²) < 4.78 is 0. The van der Waals surface area contributed by atoms with E-state index >= 15 is 0 Å². The first-order chi connectivity index (χ1) is 8.95. The highest BCUT2D eigenvalue weighted by Crippen LogP contribution is 2.25. The molecule has 3 rings (SSSR count). The Bertz CT molecular complexity index is 404. The number of amidine groups is 1. The average molecular weight is 242 g/mol. The van der Waals surface area contributed by atoms with Gasteiger partial charge in [-0.05, 0) is 19.3 Å². The normalized spacial score (nSPS) is 21.8. The topological polar surface area (TPSA) is 15.6 Å². The molecule has 0 aromatic heterocycles. The second-order valence-electron chi connectivity index (χ2n) is 5.41. The van der Waals surface area contributed by atoms with Crippen LogP contribution in [-0.4, -0.2) is 29.9 Å². The molecular weight excluding hydrogens is 220 g/mol. The predicted molar refractivity (Wildman–Crippen MR) is 76.0 cm³/mol. The minimum absolute atomic E-state index is 0.734. The summed E-state index contributed by atoms with van der Waals surface area (Å²) in [5, 5.41) is 0. The second kappa shape index (κ2) is 5.55. The highest BCUT2D eigenvalue weighted by Gasteiger charge is 2.26. The standard InChI is InChI=1S/C16H22N2/c1-3-8-14(9-4-1)16-17-12-7-13-18(16)15-10-5-2-6-11-15/h1,3-4,8-9,15H,2,5-7,10-13H2. The van der Waals surface area contributed by atoms with Gasteiger partial charge in [-0.25, -0.2) is 0 Å². The van der Waals surface area contributed by atoms with E-state index in [4.69, 9.17) is 4.99 Å². The molecule has 1 aromatic rings. The first kappa shape index (κ1) is 11.8. The maximum atomic E-state index is 4.80. The number of benzene rings is 1. The summed E-state index contributed by atoms with van der Waals surface area (Å²) in [6.45, 7) is 2.19. The number of nitrogens with zero attached hydrogens (tertiary/aromatic N) is 2. The van der Waals surface area contributed by atoms with E-state index in [-0.39, 0.29) is 0 Å². The summed E-state index contributed by atoms with van der Waals surface area (Å²) >= 11 is 0. The Morgan fingerprint density at radius 3 is 2.50 bits per heavy atom. The lowest BCUT2D eigenvalue weighted by Crippen LogP contribution is -2.44. The molecule has 1 aliphatic heterocycles. The molecule has 0 radical (unpaired) electrons. The third kappa shape index (κ3) is 2.43. The fourth-order valence-electron chi connectivity index (χ4n) is 3.22. The predicted octanol–water partition coefficient (Wildman–Crippen LogP) is 3.47. The number of hydrogen-bond donors (Lipinski definition) is 0. The van der Waals surface area contributed by atoms with Gasteiger partial charge < -0.3 is 4.90 Å². The van der Waals surface area contributed by atoms with Crippen LogP contribution in [0.4, 0.5) is 0 Å². The third-order valence-corrected chi connectivity index (χ3v) is 4.14. The van der Waals surface area contributed by atoms with E-state index in [1.807, 2.05) is 0 Å². The largest absolute Gasteiger partial charge is 0.353 e. The second-order valence-corrected chi connectivity index (χ2v) is 5.41. The van der Waals surface area contributed by atoms with Crippen LogP contribution < -0.4 is 0 Å². The lowest BCUT2D eigenvalue weighted by atomic mass is 9.93. The Morgan fingerprint density at radius 1 is 0.944 bits per heavy atom. The monoisotopic (exact) mass is 242 g/mol. The van der Waals surface area contributed by atoms with Crippen LogP contribution in [0.5, 0.6) is 0 Å². The molecule has 1 heterocycles. The SMILES string of the molecule is c1ccc(C2=NCCCN2C2CCCCC2)cc1. The van der Waals surface area contributed by atoms with Crippen molar-refractivity contribution in [3.63, 3.8) is 0 Å². The van der Waals surface area contributed by atoms with Gasteiger partial charge in [0.05, 0.1) is 0 Å². The first-order valence-corrected chi connectivity index (χ1v) is 7.32. The van der Waals surface area contributed by atoms with Crippen LogP contribution in [-0.2, 0) is 0 Å². The quantitative estimate of drug-likeness (QED) is 0.775. The zero-order valence-electron chi connectivity index (χ0n) is 11.0. The van der Waals surface area contributed by atoms with Crippen molar-refractivity contribution in [3.8, 4) is 0 Å². The Labute approximate surface area is 110 Å². The zero-order valence-corrected chi connectivity index (χ0v) is 11.0. The van der Waals surface area contributed by atoms with Crippen molar-refractivity contribution in [2.24, 2.45) is 4.99 Å². The lowest BCUT2D eigenvalue weighted by molar-refractivity contribution is 0.235. The Balaban J connectivity index is 1.83. The van der Waals surface area contributed by atoms with Crippen LogP contribution >= 0.6 is 0 Å². The first-order valence-electron chi connectivity index (χ1n) is 7.32. The Morgan fingerprint density at radius 2 is 1.72 bits per heavy atom. The molecule has 96 valence electrons. The summed E-state index contributed by atoms with van der Waals surface area (Å²) in [4.78, 5) is 7.38. The van der Waals surface area contributed by atoms with Crippen molar-refractivity contribution in [1.29, 1.82) is 0 Å². The molecule has 1 aliphatic carbocycles. The van der Waals surface area contributed by atoms with Gasteiger partial charge in [0.25, 0.3) is 0 Å². The van der Waals surface area contributed by atoms with Gasteiger partial charge in [-0.1, -0.05) is 49.6 Å². The minimum Gasteiger partial charge on any atom is -0.353 e. The molecule has 1 fully saturated rings. The Kier molecular flexibility index (Phi) is 3.63. The van der Waals surface area contributed by atoms with Crippen molar-refractivity contribution in [2.75, 3.05) is 13.1 Å². The molecular formula is C16H22N2. The van der Waals surface area contributed by atoms with Crippen molar-refractivity contribution in [2.45, 2.75) is 44.6 Å². The smallest absolute Gasteiger partial charge is 0.131 e. The fourth-order valence-corrected chi connectivity index (χ4v) is 3.22. The summed E-state index contributed by atoms with van der Waals surface area (Å²) in [5.74, 6) is 1.24. The molecule has 0 spiro atoms. The van der Waals surface area contributed by atoms with E-state index < -0.39 is 0 Å². The summed E-state index contributed by atoms with van der Waals surface area (Å²) in [6.07, 6.45) is 8.12. The molecule has 0 atom stereocenters. The van der Waals surface area contributed by atoms with Gasteiger partial charge in [-0.15, -0.1) is 0 Å². The van der Waals surface area contributed by atoms with Crippen LogP contribution in [0.15, 0.2) is 35.3 Å². The average Bonchev–Trinajstić information content (AvgIpc) is 2.49. The molecule has 2 aliphatic rings. The maximum absolute atomic E-state index is 4.80. The van der Waals surface area contributed by atoms with Gasteiger partial charge in [-0.3, -0.25) is 4.99 Å². The molecule has 0 unspecified atom stereocenters. The molecule has 18 heavy (non-hydrogen) atoms. The van der Waals surface area contributed by atoms with E-state index in [2.05, 4.69) is 35.2 Å². The van der Waals surface area contributed by atoms with Crippen molar-refractivity contribution in [1.82, 2.24) is 4.90 Å². The van der Waals surface area contributed by atoms with Gasteiger partial charge in [0.2, 0.25) is 0 Å². The van der Waals surface area contributed by atoms with E-state index in [0.717, 1.165) is 12.6 Å². The molecule has 0 amide bonds.